The van der Waals surface area contributed by atoms with Gasteiger partial charge in [-0.25, -0.2) is 4.79 Å². The van der Waals surface area contributed by atoms with E-state index in [1.807, 2.05) is 12.1 Å². The molecule has 0 spiro atoms. The van der Waals surface area contributed by atoms with Gasteiger partial charge in [0.1, 0.15) is 0 Å². The van der Waals surface area contributed by atoms with Gasteiger partial charge >= 0.3 is 16.9 Å². The summed E-state index contributed by atoms with van der Waals surface area (Å²) in [5.74, 6) is -0.0335. The maximum atomic E-state index is 12.1. The van der Waals surface area contributed by atoms with Crippen LogP contribution in [0.25, 0.3) is 0 Å². The number of hydrogen-bond donors (Lipinski definition) is 1. The minimum atomic E-state index is -0.913. The summed E-state index contributed by atoms with van der Waals surface area (Å²) in [4.78, 5) is 40.7. The third-order valence-electron chi connectivity index (χ3n) is 4.23. The molecule has 1 aliphatic heterocycles. The number of H-pyrrole nitrogens is 1. The maximum Gasteiger partial charge on any atom is 0.374 e. The molecule has 1 aromatic heterocycles. The van der Waals surface area contributed by atoms with E-state index >= 15 is 0 Å². The van der Waals surface area contributed by atoms with Crippen molar-refractivity contribution in [1.82, 2.24) is 9.55 Å². The van der Waals surface area contributed by atoms with Crippen LogP contribution in [0.4, 0.5) is 17.2 Å². The van der Waals surface area contributed by atoms with Gasteiger partial charge in [-0.3, -0.25) is 24.5 Å². The van der Waals surface area contributed by atoms with E-state index in [1.54, 1.807) is 17.0 Å². The molecule has 0 saturated carbocycles. The molecule has 2 heterocycles. The number of hydrogen-bond acceptors (Lipinski definition) is 6. The molecule has 1 aliphatic rings. The van der Waals surface area contributed by atoms with Gasteiger partial charge in [-0.2, -0.15) is 0 Å². The molecule has 1 fully saturated rings. The lowest BCUT2D eigenvalue weighted by Gasteiger charge is -2.36. The first kappa shape index (κ1) is 17.0. The number of piperazine rings is 1. The Morgan fingerprint density at radius 3 is 2.20 bits per heavy atom. The number of benzene rings is 1. The summed E-state index contributed by atoms with van der Waals surface area (Å²) < 4.78 is 0.700. The molecule has 0 radical (unpaired) electrons. The first-order valence-electron chi connectivity index (χ1n) is 7.61. The van der Waals surface area contributed by atoms with Gasteiger partial charge in [0.2, 0.25) is 0 Å². The van der Waals surface area contributed by atoms with Crippen LogP contribution >= 0.6 is 11.6 Å². The van der Waals surface area contributed by atoms with Crippen LogP contribution in [0.5, 0.6) is 0 Å². The number of rotatable bonds is 3. The zero-order chi connectivity index (χ0) is 18.1. The van der Waals surface area contributed by atoms with Crippen LogP contribution < -0.4 is 21.0 Å². The molecular weight excluding hydrogens is 350 g/mol. The topological polar surface area (TPSA) is 104 Å². The van der Waals surface area contributed by atoms with Gasteiger partial charge in [0.15, 0.2) is 5.82 Å². The Bertz CT molecular complexity index is 913. The van der Waals surface area contributed by atoms with E-state index in [9.17, 15) is 19.7 Å². The highest BCUT2D eigenvalue weighted by molar-refractivity contribution is 6.30. The number of halogens is 1. The number of aromatic amines is 1. The van der Waals surface area contributed by atoms with Gasteiger partial charge in [0.25, 0.3) is 0 Å². The number of nitrogens with zero attached hydrogens (tertiary/aromatic N) is 4. The Hall–Kier alpha value is -2.81. The van der Waals surface area contributed by atoms with Gasteiger partial charge in [-0.05, 0) is 24.3 Å². The summed E-state index contributed by atoms with van der Waals surface area (Å²) in [6, 6.07) is 7.40. The molecule has 0 amide bonds. The molecule has 1 aromatic carbocycles. The highest BCUT2D eigenvalue weighted by atomic mass is 35.5. The summed E-state index contributed by atoms with van der Waals surface area (Å²) in [7, 11) is 1.20. The van der Waals surface area contributed by atoms with E-state index in [4.69, 9.17) is 11.6 Å². The molecule has 2 aromatic rings. The summed E-state index contributed by atoms with van der Waals surface area (Å²) >= 11 is 5.89. The van der Waals surface area contributed by atoms with Gasteiger partial charge in [-0.15, -0.1) is 0 Å². The lowest BCUT2D eigenvalue weighted by atomic mass is 10.2. The third kappa shape index (κ3) is 3.22. The molecule has 1 N–H and O–H groups in total. The predicted octanol–water partition coefficient (Wildman–Crippen LogP) is 0.962. The van der Waals surface area contributed by atoms with Crippen molar-refractivity contribution in [3.63, 3.8) is 0 Å². The smallest absolute Gasteiger partial charge is 0.368 e. The molecule has 25 heavy (non-hydrogen) atoms. The van der Waals surface area contributed by atoms with Crippen molar-refractivity contribution >= 4 is 28.8 Å². The SMILES string of the molecule is Cn1c(=O)[nH]c(N2CCN(c3ccc(Cl)cc3)CC2)c([N+](=O)[O-])c1=O. The normalized spacial score (nSPS) is 14.6. The summed E-state index contributed by atoms with van der Waals surface area (Å²) in [6.07, 6.45) is 0. The Balaban J connectivity index is 1.86. The van der Waals surface area contributed by atoms with Crippen LogP contribution in [0, 0.1) is 10.1 Å². The van der Waals surface area contributed by atoms with Crippen molar-refractivity contribution in [2.75, 3.05) is 36.0 Å². The summed E-state index contributed by atoms with van der Waals surface area (Å²) in [6.45, 7) is 2.06. The largest absolute Gasteiger partial charge is 0.374 e. The fourth-order valence-electron chi connectivity index (χ4n) is 2.83. The van der Waals surface area contributed by atoms with Crippen molar-refractivity contribution in [1.29, 1.82) is 0 Å². The van der Waals surface area contributed by atoms with Crippen molar-refractivity contribution in [3.05, 3.63) is 60.2 Å². The zero-order valence-electron chi connectivity index (χ0n) is 13.4. The van der Waals surface area contributed by atoms with Crippen LogP contribution in [-0.2, 0) is 7.05 Å². The highest BCUT2D eigenvalue weighted by Crippen LogP contribution is 2.24. The molecule has 1 saturated heterocycles. The Morgan fingerprint density at radius 2 is 1.64 bits per heavy atom. The van der Waals surface area contributed by atoms with Crippen molar-refractivity contribution in [3.8, 4) is 0 Å². The first-order valence-corrected chi connectivity index (χ1v) is 7.99. The quantitative estimate of drug-likeness (QED) is 0.641. The minimum Gasteiger partial charge on any atom is -0.368 e. The lowest BCUT2D eigenvalue weighted by Crippen LogP contribution is -2.48. The van der Waals surface area contributed by atoms with Crippen LogP contribution in [0.1, 0.15) is 0 Å². The van der Waals surface area contributed by atoms with Gasteiger partial charge < -0.3 is 9.80 Å². The highest BCUT2D eigenvalue weighted by Gasteiger charge is 2.29. The van der Waals surface area contributed by atoms with Gasteiger partial charge in [0, 0.05) is 43.9 Å². The summed E-state index contributed by atoms with van der Waals surface area (Å²) in [5, 5.41) is 11.9. The van der Waals surface area contributed by atoms with Crippen LogP contribution in [0.2, 0.25) is 5.02 Å². The van der Waals surface area contributed by atoms with Crippen LogP contribution in [-0.4, -0.2) is 40.7 Å². The fourth-order valence-corrected chi connectivity index (χ4v) is 2.96. The van der Waals surface area contributed by atoms with Crippen LogP contribution in [0.15, 0.2) is 33.9 Å². The van der Waals surface area contributed by atoms with E-state index < -0.39 is 21.9 Å². The number of nitro groups is 1. The average molecular weight is 366 g/mol. The molecule has 10 heteroatoms. The molecule has 3 rings (SSSR count). The second-order valence-electron chi connectivity index (χ2n) is 5.70. The van der Waals surface area contributed by atoms with Crippen molar-refractivity contribution in [2.24, 2.45) is 7.05 Å². The van der Waals surface area contributed by atoms with Crippen LogP contribution in [0.3, 0.4) is 0 Å². The monoisotopic (exact) mass is 365 g/mol. The first-order chi connectivity index (χ1) is 11.9. The molecule has 132 valence electrons. The minimum absolute atomic E-state index is 0.0335. The maximum absolute atomic E-state index is 12.1. The van der Waals surface area contributed by atoms with Crippen molar-refractivity contribution < 1.29 is 4.92 Å². The van der Waals surface area contributed by atoms with Gasteiger partial charge in [-0.1, -0.05) is 11.6 Å². The average Bonchev–Trinajstić information content (AvgIpc) is 2.60. The number of anilines is 2. The molecule has 9 nitrogen and oxygen atoms in total. The Morgan fingerprint density at radius 1 is 1.08 bits per heavy atom. The van der Waals surface area contributed by atoms with Gasteiger partial charge in [0.05, 0.1) is 4.92 Å². The third-order valence-corrected chi connectivity index (χ3v) is 4.48. The molecule has 0 atom stereocenters. The predicted molar refractivity (Wildman–Crippen MR) is 94.8 cm³/mol. The van der Waals surface area contributed by atoms with E-state index in [1.165, 1.54) is 7.05 Å². The van der Waals surface area contributed by atoms with E-state index in [-0.39, 0.29) is 5.82 Å². The molecule has 0 aliphatic carbocycles. The Labute approximate surface area is 147 Å². The van der Waals surface area contributed by atoms with E-state index in [0.717, 1.165) is 5.69 Å². The second kappa shape index (κ2) is 6.60. The zero-order valence-corrected chi connectivity index (χ0v) is 14.2. The number of nitrogens with one attached hydrogen (secondary N) is 1. The molecule has 0 unspecified atom stereocenters. The van der Waals surface area contributed by atoms with E-state index in [2.05, 4.69) is 9.88 Å². The number of aromatic nitrogens is 2. The fraction of sp³-hybridized carbons (Fsp3) is 0.333. The summed E-state index contributed by atoms with van der Waals surface area (Å²) in [5.41, 5.74) is -1.20. The lowest BCUT2D eigenvalue weighted by molar-refractivity contribution is -0.386. The molecule has 0 bridgehead atoms. The second-order valence-corrected chi connectivity index (χ2v) is 6.14. The Kier molecular flexibility index (Phi) is 4.49. The van der Waals surface area contributed by atoms with Crippen molar-refractivity contribution in [2.45, 2.75) is 0 Å². The standard InChI is InChI=1S/C15H16ClN5O4/c1-18-14(22)12(21(24)25)13(17-15(18)23)20-8-6-19(7-9-20)11-4-2-10(16)3-5-11/h2-5H,6-9H2,1H3,(H,17,23). The molecular formula is C15H16ClN5O4. The van der Waals surface area contributed by atoms with E-state index in [0.29, 0.717) is 35.8 Å².